The van der Waals surface area contributed by atoms with Crippen LogP contribution in [-0.4, -0.2) is 25.8 Å². The average Bonchev–Trinajstić information content (AvgIpc) is 2.14. The standard InChI is InChI=1S/C11H18N2O2S/c1-11(2,12)9-16(15)8-7-13-6-4-3-5-10(13)14/h3-6H,7-9,12H2,1-2H3. The molecule has 90 valence electrons. The van der Waals surface area contributed by atoms with Crippen LogP contribution in [0.2, 0.25) is 0 Å². The topological polar surface area (TPSA) is 65.1 Å². The van der Waals surface area contributed by atoms with Gasteiger partial charge in [0, 0.05) is 46.7 Å². The highest BCUT2D eigenvalue weighted by Crippen LogP contribution is 2.00. The third kappa shape index (κ3) is 4.72. The number of nitrogens with two attached hydrogens (primary N) is 1. The average molecular weight is 242 g/mol. The fraction of sp³-hybridized carbons (Fsp3) is 0.545. The zero-order valence-electron chi connectivity index (χ0n) is 9.68. The summed E-state index contributed by atoms with van der Waals surface area (Å²) in [6, 6.07) is 4.98. The van der Waals surface area contributed by atoms with Crippen molar-refractivity contribution in [3.05, 3.63) is 34.7 Å². The Balaban J connectivity index is 2.50. The number of nitrogens with zero attached hydrogens (tertiary/aromatic N) is 1. The van der Waals surface area contributed by atoms with E-state index < -0.39 is 16.3 Å². The van der Waals surface area contributed by atoms with Gasteiger partial charge in [0.2, 0.25) is 0 Å². The van der Waals surface area contributed by atoms with Crippen molar-refractivity contribution < 1.29 is 4.21 Å². The van der Waals surface area contributed by atoms with Crippen LogP contribution in [0, 0.1) is 0 Å². The van der Waals surface area contributed by atoms with Crippen LogP contribution in [0.3, 0.4) is 0 Å². The van der Waals surface area contributed by atoms with Gasteiger partial charge in [-0.3, -0.25) is 9.00 Å². The smallest absolute Gasteiger partial charge is 0.250 e. The van der Waals surface area contributed by atoms with Crippen LogP contribution in [0.15, 0.2) is 29.2 Å². The lowest BCUT2D eigenvalue weighted by molar-refractivity contribution is 0.575. The zero-order valence-corrected chi connectivity index (χ0v) is 10.5. The maximum atomic E-state index is 11.7. The molecule has 0 aromatic carbocycles. The number of hydrogen-bond acceptors (Lipinski definition) is 3. The minimum Gasteiger partial charge on any atom is -0.325 e. The molecule has 1 rings (SSSR count). The predicted molar refractivity (Wildman–Crippen MR) is 66.8 cm³/mol. The first kappa shape index (κ1) is 13.1. The number of hydrogen-bond donors (Lipinski definition) is 1. The van der Waals surface area contributed by atoms with Crippen molar-refractivity contribution in [3.8, 4) is 0 Å². The molecule has 0 aliphatic rings. The van der Waals surface area contributed by atoms with Crippen molar-refractivity contribution in [2.24, 2.45) is 5.73 Å². The third-order valence-corrected chi connectivity index (χ3v) is 3.70. The normalized spacial score (nSPS) is 13.7. The molecule has 0 radical (unpaired) electrons. The fourth-order valence-electron chi connectivity index (χ4n) is 1.33. The van der Waals surface area contributed by atoms with Crippen LogP contribution in [0.4, 0.5) is 0 Å². The first-order chi connectivity index (χ1) is 7.38. The molecule has 0 saturated heterocycles. The van der Waals surface area contributed by atoms with Crippen molar-refractivity contribution in [1.29, 1.82) is 0 Å². The molecule has 2 N–H and O–H groups in total. The van der Waals surface area contributed by atoms with Crippen LogP contribution in [-0.2, 0) is 17.3 Å². The minimum atomic E-state index is -0.983. The van der Waals surface area contributed by atoms with Gasteiger partial charge in [0.25, 0.3) is 5.56 Å². The maximum Gasteiger partial charge on any atom is 0.250 e. The largest absolute Gasteiger partial charge is 0.325 e. The van der Waals surface area contributed by atoms with Gasteiger partial charge in [-0.05, 0) is 19.9 Å². The van der Waals surface area contributed by atoms with E-state index in [2.05, 4.69) is 0 Å². The molecule has 5 heteroatoms. The third-order valence-electron chi connectivity index (χ3n) is 1.99. The molecule has 0 bridgehead atoms. The lowest BCUT2D eigenvalue weighted by Gasteiger charge is -2.17. The molecule has 0 saturated carbocycles. The Morgan fingerprint density at radius 2 is 2.12 bits per heavy atom. The lowest BCUT2D eigenvalue weighted by atomic mass is 10.1. The molecule has 1 heterocycles. The number of aryl methyl sites for hydroxylation is 1. The maximum absolute atomic E-state index is 11.7. The highest BCUT2D eigenvalue weighted by Gasteiger charge is 2.14. The van der Waals surface area contributed by atoms with Gasteiger partial charge >= 0.3 is 0 Å². The summed E-state index contributed by atoms with van der Waals surface area (Å²) in [5.74, 6) is 0.916. The van der Waals surface area contributed by atoms with Crippen molar-refractivity contribution in [2.45, 2.75) is 25.9 Å². The molecule has 0 fully saturated rings. The van der Waals surface area contributed by atoms with E-state index in [0.717, 1.165) is 0 Å². The molecule has 1 atom stereocenters. The van der Waals surface area contributed by atoms with Gasteiger partial charge in [-0.1, -0.05) is 6.07 Å². The van der Waals surface area contributed by atoms with Gasteiger partial charge in [-0.25, -0.2) is 0 Å². The Kier molecular flexibility index (Phi) is 4.44. The molecular formula is C11H18N2O2S. The Morgan fingerprint density at radius 1 is 1.44 bits per heavy atom. The second-order valence-electron chi connectivity index (χ2n) is 4.51. The van der Waals surface area contributed by atoms with Crippen molar-refractivity contribution >= 4 is 10.8 Å². The van der Waals surface area contributed by atoms with Gasteiger partial charge in [0.15, 0.2) is 0 Å². The summed E-state index contributed by atoms with van der Waals surface area (Å²) >= 11 is 0. The fourth-order valence-corrected chi connectivity index (χ4v) is 2.71. The van der Waals surface area contributed by atoms with E-state index in [-0.39, 0.29) is 5.56 Å². The highest BCUT2D eigenvalue weighted by molar-refractivity contribution is 7.85. The Hall–Kier alpha value is -0.940. The van der Waals surface area contributed by atoms with Crippen LogP contribution in [0.5, 0.6) is 0 Å². The van der Waals surface area contributed by atoms with Gasteiger partial charge < -0.3 is 10.3 Å². The van der Waals surface area contributed by atoms with Crippen molar-refractivity contribution in [2.75, 3.05) is 11.5 Å². The molecule has 4 nitrogen and oxygen atoms in total. The monoisotopic (exact) mass is 242 g/mol. The Labute approximate surface area is 97.9 Å². The summed E-state index contributed by atoms with van der Waals surface area (Å²) in [5, 5.41) is 0. The van der Waals surface area contributed by atoms with Crippen molar-refractivity contribution in [3.63, 3.8) is 0 Å². The Bertz CT molecular complexity index is 420. The van der Waals surface area contributed by atoms with Crippen molar-refractivity contribution in [1.82, 2.24) is 4.57 Å². The summed E-state index contributed by atoms with van der Waals surface area (Å²) in [6.45, 7) is 4.17. The van der Waals surface area contributed by atoms with E-state index in [9.17, 15) is 9.00 Å². The van der Waals surface area contributed by atoms with Crippen LogP contribution in [0.25, 0.3) is 0 Å². The first-order valence-electron chi connectivity index (χ1n) is 5.18. The second-order valence-corrected chi connectivity index (χ2v) is 6.09. The first-order valence-corrected chi connectivity index (χ1v) is 6.67. The highest BCUT2D eigenvalue weighted by atomic mass is 32.2. The van der Waals surface area contributed by atoms with E-state index in [0.29, 0.717) is 18.1 Å². The molecule has 0 aliphatic heterocycles. The molecule has 1 aromatic heterocycles. The van der Waals surface area contributed by atoms with Gasteiger partial charge in [-0.15, -0.1) is 0 Å². The van der Waals surface area contributed by atoms with E-state index in [1.807, 2.05) is 13.8 Å². The summed E-state index contributed by atoms with van der Waals surface area (Å²) in [5.41, 5.74) is 5.29. The lowest BCUT2D eigenvalue weighted by Crippen LogP contribution is -2.39. The number of aromatic nitrogens is 1. The Morgan fingerprint density at radius 3 is 2.69 bits per heavy atom. The number of rotatable bonds is 5. The summed E-state index contributed by atoms with van der Waals surface area (Å²) in [7, 11) is -0.983. The van der Waals surface area contributed by atoms with E-state index in [1.54, 1.807) is 22.9 Å². The van der Waals surface area contributed by atoms with E-state index in [4.69, 9.17) is 5.73 Å². The predicted octanol–water partition coefficient (Wildman–Crippen LogP) is 0.334. The van der Waals surface area contributed by atoms with Gasteiger partial charge in [0.1, 0.15) is 0 Å². The molecule has 0 spiro atoms. The molecular weight excluding hydrogens is 224 g/mol. The van der Waals surface area contributed by atoms with Crippen LogP contribution in [0.1, 0.15) is 13.8 Å². The van der Waals surface area contributed by atoms with E-state index in [1.165, 1.54) is 6.07 Å². The van der Waals surface area contributed by atoms with Gasteiger partial charge in [0.05, 0.1) is 0 Å². The van der Waals surface area contributed by atoms with Gasteiger partial charge in [-0.2, -0.15) is 0 Å². The van der Waals surface area contributed by atoms with Crippen LogP contribution < -0.4 is 11.3 Å². The zero-order chi connectivity index (χ0) is 12.2. The molecule has 0 amide bonds. The molecule has 1 aromatic rings. The molecule has 16 heavy (non-hydrogen) atoms. The summed E-state index contributed by atoms with van der Waals surface area (Å²) in [6.07, 6.45) is 1.70. The minimum absolute atomic E-state index is 0.0634. The summed E-state index contributed by atoms with van der Waals surface area (Å²) in [4.78, 5) is 11.4. The second kappa shape index (κ2) is 5.41. The SMILES string of the molecule is CC(C)(N)CS(=O)CCn1ccccc1=O. The van der Waals surface area contributed by atoms with Crippen LogP contribution >= 0.6 is 0 Å². The molecule has 0 aliphatic carbocycles. The number of pyridine rings is 1. The molecule has 1 unspecified atom stereocenters. The van der Waals surface area contributed by atoms with E-state index >= 15 is 0 Å². The quantitative estimate of drug-likeness (QED) is 0.809. The summed E-state index contributed by atoms with van der Waals surface area (Å²) < 4.78 is 13.2.